The molecular formula is C31H43N7O3SSi. The van der Waals surface area contributed by atoms with E-state index >= 15 is 0 Å². The standard InChI is InChI=1S/C31H43N7O3SSi/c1-31(2,3)41-28(39)13-14-37-20-24(19-33-37)23-17-26-25(32-18-23)11-12-27(34-26)35-30-38(21-40-15-16-43(4,5)6)36-29(42-30)22-9-7-8-10-22/h11-12,17-20,22H,7-10,13-16,21H2,1-6H3. The molecule has 230 valence electrons. The van der Waals surface area contributed by atoms with Crippen LogP contribution in [0.25, 0.3) is 22.2 Å². The van der Waals surface area contributed by atoms with Crippen molar-refractivity contribution in [3.63, 3.8) is 0 Å². The molecule has 5 rings (SSSR count). The third-order valence-corrected chi connectivity index (χ3v) is 10.0. The normalized spacial score (nSPS) is 15.1. The van der Waals surface area contributed by atoms with Gasteiger partial charge >= 0.3 is 5.97 Å². The molecule has 0 aromatic carbocycles. The van der Waals surface area contributed by atoms with Gasteiger partial charge in [-0.2, -0.15) is 15.2 Å². The van der Waals surface area contributed by atoms with Crippen molar-refractivity contribution in [2.75, 3.05) is 6.61 Å². The highest BCUT2D eigenvalue weighted by molar-refractivity contribution is 7.08. The lowest BCUT2D eigenvalue weighted by Gasteiger charge is -2.19. The second kappa shape index (κ2) is 13.2. The first-order valence-electron chi connectivity index (χ1n) is 15.1. The summed E-state index contributed by atoms with van der Waals surface area (Å²) in [6, 6.07) is 6.96. The molecular weight excluding hydrogens is 579 g/mol. The maximum Gasteiger partial charge on any atom is 0.308 e. The first kappa shape index (κ1) is 31.2. The second-order valence-corrected chi connectivity index (χ2v) is 20.0. The molecule has 0 unspecified atom stereocenters. The SMILES string of the molecule is CC(C)(C)OC(=O)CCn1cc(-c2cnc3ccc(N=c4sc(C5CCCC5)nn4COCC[Si](C)(C)C)nc3c2)cn1. The number of pyridine rings is 2. The summed E-state index contributed by atoms with van der Waals surface area (Å²) in [5.41, 5.74) is 2.84. The maximum absolute atomic E-state index is 12.1. The number of nitrogens with zero attached hydrogens (tertiary/aromatic N) is 7. The van der Waals surface area contributed by atoms with Gasteiger partial charge in [-0.3, -0.25) is 14.5 Å². The largest absolute Gasteiger partial charge is 0.460 e. The zero-order valence-electron chi connectivity index (χ0n) is 26.2. The van der Waals surface area contributed by atoms with Crippen molar-refractivity contribution in [2.24, 2.45) is 4.99 Å². The lowest BCUT2D eigenvalue weighted by Crippen LogP contribution is -2.24. The number of ether oxygens (including phenoxy) is 2. The highest BCUT2D eigenvalue weighted by atomic mass is 32.1. The van der Waals surface area contributed by atoms with Crippen LogP contribution in [0.15, 0.2) is 41.8 Å². The fourth-order valence-electron chi connectivity index (χ4n) is 4.91. The molecule has 0 aliphatic heterocycles. The maximum atomic E-state index is 12.1. The molecule has 1 aliphatic carbocycles. The van der Waals surface area contributed by atoms with Crippen LogP contribution in [0.1, 0.15) is 63.8 Å². The van der Waals surface area contributed by atoms with Gasteiger partial charge in [0.05, 0.1) is 30.2 Å². The van der Waals surface area contributed by atoms with Gasteiger partial charge < -0.3 is 9.47 Å². The predicted octanol–water partition coefficient (Wildman–Crippen LogP) is 6.69. The number of rotatable bonds is 11. The van der Waals surface area contributed by atoms with E-state index in [-0.39, 0.29) is 12.4 Å². The molecule has 12 heteroatoms. The van der Waals surface area contributed by atoms with Crippen LogP contribution in [-0.2, 0) is 27.5 Å². The first-order valence-corrected chi connectivity index (χ1v) is 19.7. The summed E-state index contributed by atoms with van der Waals surface area (Å²) in [4.78, 5) is 27.3. The molecule has 0 radical (unpaired) electrons. The Morgan fingerprint density at radius 3 is 2.65 bits per heavy atom. The Morgan fingerprint density at radius 2 is 1.91 bits per heavy atom. The van der Waals surface area contributed by atoms with Gasteiger partial charge in [0.2, 0.25) is 4.80 Å². The van der Waals surface area contributed by atoms with Crippen LogP contribution in [0.3, 0.4) is 0 Å². The summed E-state index contributed by atoms with van der Waals surface area (Å²) in [6.45, 7) is 14.2. The quantitative estimate of drug-likeness (QED) is 0.104. The second-order valence-electron chi connectivity index (χ2n) is 13.4. The zero-order valence-corrected chi connectivity index (χ0v) is 28.0. The van der Waals surface area contributed by atoms with E-state index in [4.69, 9.17) is 24.5 Å². The molecule has 0 spiro atoms. The van der Waals surface area contributed by atoms with Crippen molar-refractivity contribution in [1.29, 1.82) is 0 Å². The Balaban J connectivity index is 1.35. The van der Waals surface area contributed by atoms with Crippen LogP contribution in [-0.4, -0.2) is 55.8 Å². The number of esters is 1. The van der Waals surface area contributed by atoms with Crippen LogP contribution in [0.5, 0.6) is 0 Å². The van der Waals surface area contributed by atoms with Crippen molar-refractivity contribution < 1.29 is 14.3 Å². The molecule has 4 aromatic rings. The number of aryl methyl sites for hydroxylation is 1. The summed E-state index contributed by atoms with van der Waals surface area (Å²) in [5.74, 6) is 0.869. The third kappa shape index (κ3) is 8.90. The van der Waals surface area contributed by atoms with Gasteiger partial charge in [-0.05, 0) is 57.9 Å². The lowest BCUT2D eigenvalue weighted by atomic mass is 10.1. The third-order valence-electron chi connectivity index (χ3n) is 7.21. The average molecular weight is 622 g/mol. The van der Waals surface area contributed by atoms with Gasteiger partial charge in [0.25, 0.3) is 0 Å². The molecule has 0 bridgehead atoms. The minimum absolute atomic E-state index is 0.242. The Labute approximate surface area is 258 Å². The lowest BCUT2D eigenvalue weighted by molar-refractivity contribution is -0.155. The minimum Gasteiger partial charge on any atom is -0.460 e. The fraction of sp³-hybridized carbons (Fsp3) is 0.548. The molecule has 0 amide bonds. The highest BCUT2D eigenvalue weighted by Gasteiger charge is 2.22. The van der Waals surface area contributed by atoms with Crippen molar-refractivity contribution >= 4 is 42.2 Å². The molecule has 1 aliphatic rings. The fourth-order valence-corrected chi connectivity index (χ4v) is 6.73. The van der Waals surface area contributed by atoms with E-state index in [2.05, 4.69) is 29.7 Å². The predicted molar refractivity (Wildman–Crippen MR) is 172 cm³/mol. The van der Waals surface area contributed by atoms with Crippen molar-refractivity contribution in [2.45, 2.75) is 103 Å². The summed E-state index contributed by atoms with van der Waals surface area (Å²) >= 11 is 1.65. The van der Waals surface area contributed by atoms with E-state index in [1.165, 1.54) is 25.7 Å². The van der Waals surface area contributed by atoms with Gasteiger partial charge in [-0.1, -0.05) is 43.8 Å². The molecule has 0 saturated heterocycles. The number of hydrogen-bond donors (Lipinski definition) is 0. The van der Waals surface area contributed by atoms with E-state index in [0.717, 1.165) is 44.6 Å². The van der Waals surface area contributed by atoms with E-state index in [1.54, 1.807) is 22.2 Å². The molecule has 4 heterocycles. The molecule has 1 saturated carbocycles. The van der Waals surface area contributed by atoms with Gasteiger partial charge in [0, 0.05) is 44.1 Å². The van der Waals surface area contributed by atoms with Gasteiger partial charge in [-0.25, -0.2) is 9.67 Å². The van der Waals surface area contributed by atoms with Crippen molar-refractivity contribution in [3.8, 4) is 11.1 Å². The Bertz CT molecular complexity index is 1620. The van der Waals surface area contributed by atoms with Gasteiger partial charge in [-0.15, -0.1) is 0 Å². The number of carbonyl (C=O) groups excluding carboxylic acids is 1. The number of fused-ring (bicyclic) bond motifs is 1. The smallest absolute Gasteiger partial charge is 0.308 e. The number of carbonyl (C=O) groups is 1. The Morgan fingerprint density at radius 1 is 1.12 bits per heavy atom. The van der Waals surface area contributed by atoms with Crippen LogP contribution < -0.4 is 4.80 Å². The van der Waals surface area contributed by atoms with E-state index in [9.17, 15) is 4.79 Å². The zero-order chi connectivity index (χ0) is 30.6. The van der Waals surface area contributed by atoms with Crippen LogP contribution in [0.2, 0.25) is 25.7 Å². The summed E-state index contributed by atoms with van der Waals surface area (Å²) in [6.07, 6.45) is 10.6. The number of aromatic nitrogens is 6. The topological polar surface area (TPSA) is 109 Å². The van der Waals surface area contributed by atoms with Crippen LogP contribution >= 0.6 is 11.3 Å². The van der Waals surface area contributed by atoms with E-state index < -0.39 is 13.7 Å². The number of hydrogen-bond acceptors (Lipinski definition) is 9. The molecule has 1 fully saturated rings. The van der Waals surface area contributed by atoms with Gasteiger partial charge in [0.1, 0.15) is 17.3 Å². The first-order chi connectivity index (χ1) is 20.4. The van der Waals surface area contributed by atoms with Gasteiger partial charge in [0.15, 0.2) is 5.82 Å². The summed E-state index contributed by atoms with van der Waals surface area (Å²) in [7, 11) is -1.17. The summed E-state index contributed by atoms with van der Waals surface area (Å²) < 4.78 is 15.1. The summed E-state index contributed by atoms with van der Waals surface area (Å²) in [5, 5.41) is 10.5. The van der Waals surface area contributed by atoms with E-state index in [0.29, 0.717) is 25.0 Å². The highest BCUT2D eigenvalue weighted by Crippen LogP contribution is 2.34. The average Bonchev–Trinajstić information content (AvgIpc) is 3.70. The Hall–Kier alpha value is -3.22. The van der Waals surface area contributed by atoms with Crippen molar-refractivity contribution in [3.05, 3.63) is 46.6 Å². The molecule has 43 heavy (non-hydrogen) atoms. The molecule has 0 atom stereocenters. The van der Waals surface area contributed by atoms with Crippen molar-refractivity contribution in [1.82, 2.24) is 29.5 Å². The monoisotopic (exact) mass is 621 g/mol. The van der Waals surface area contributed by atoms with Crippen LogP contribution in [0.4, 0.5) is 5.82 Å². The molecule has 4 aromatic heterocycles. The minimum atomic E-state index is -1.17. The molecule has 0 N–H and O–H groups in total. The van der Waals surface area contributed by atoms with Crippen LogP contribution in [0, 0.1) is 0 Å². The molecule has 10 nitrogen and oxygen atoms in total. The van der Waals surface area contributed by atoms with E-state index in [1.807, 2.05) is 56.0 Å². The Kier molecular flexibility index (Phi) is 9.57.